The number of hydrogen-bond acceptors (Lipinski definition) is 10. The van der Waals surface area contributed by atoms with E-state index in [1.807, 2.05) is 0 Å². The SMILES string of the molecule is COc1ccc(OC[C@@H](O)Cn2c(N/N=C\c3ccc([N+](=O)[O-])cc3)nc3c2c(=O)n(C)c(=O)n3C)cc1. The third-order valence-corrected chi connectivity index (χ3v) is 5.73. The Balaban J connectivity index is 1.61. The highest BCUT2D eigenvalue weighted by molar-refractivity contribution is 5.81. The molecule has 14 heteroatoms. The first-order valence-corrected chi connectivity index (χ1v) is 11.3. The van der Waals surface area contributed by atoms with E-state index in [1.54, 1.807) is 31.4 Å². The van der Waals surface area contributed by atoms with Gasteiger partial charge in [0.15, 0.2) is 11.2 Å². The van der Waals surface area contributed by atoms with E-state index in [9.17, 15) is 24.8 Å². The molecule has 0 aliphatic carbocycles. The van der Waals surface area contributed by atoms with Crippen LogP contribution in [-0.2, 0) is 20.6 Å². The van der Waals surface area contributed by atoms with E-state index in [0.29, 0.717) is 17.1 Å². The second-order valence-corrected chi connectivity index (χ2v) is 8.28. The predicted octanol–water partition coefficient (Wildman–Crippen LogP) is 1.24. The molecule has 0 fully saturated rings. The number of aromatic nitrogens is 4. The molecule has 2 aromatic heterocycles. The third kappa shape index (κ3) is 5.39. The maximum Gasteiger partial charge on any atom is 0.332 e. The van der Waals surface area contributed by atoms with Gasteiger partial charge >= 0.3 is 5.69 Å². The van der Waals surface area contributed by atoms with Crippen molar-refractivity contribution in [1.82, 2.24) is 18.7 Å². The van der Waals surface area contributed by atoms with Gasteiger partial charge in [-0.05, 0) is 42.0 Å². The summed E-state index contributed by atoms with van der Waals surface area (Å²) in [4.78, 5) is 40.1. The number of nitro benzene ring substituents is 1. The zero-order chi connectivity index (χ0) is 27.4. The average Bonchev–Trinajstić information content (AvgIpc) is 3.28. The van der Waals surface area contributed by atoms with Crippen LogP contribution in [0.5, 0.6) is 11.5 Å². The lowest BCUT2D eigenvalue weighted by atomic mass is 10.2. The number of ether oxygens (including phenoxy) is 2. The molecule has 0 unspecified atom stereocenters. The minimum absolute atomic E-state index is 0.0560. The Kier molecular flexibility index (Phi) is 7.53. The van der Waals surface area contributed by atoms with Crippen LogP contribution in [0.15, 0.2) is 63.2 Å². The van der Waals surface area contributed by atoms with Gasteiger partial charge in [0, 0.05) is 26.2 Å². The van der Waals surface area contributed by atoms with Crippen LogP contribution < -0.4 is 26.1 Å². The van der Waals surface area contributed by atoms with Gasteiger partial charge in [-0.1, -0.05) is 0 Å². The molecular formula is C24H25N7O7. The van der Waals surface area contributed by atoms with Crippen LogP contribution >= 0.6 is 0 Å². The molecular weight excluding hydrogens is 498 g/mol. The molecule has 0 radical (unpaired) electrons. The molecule has 0 spiro atoms. The number of methoxy groups -OCH3 is 1. The van der Waals surface area contributed by atoms with Crippen LogP contribution in [0.1, 0.15) is 5.56 Å². The summed E-state index contributed by atoms with van der Waals surface area (Å²) in [7, 11) is 4.38. The van der Waals surface area contributed by atoms with Crippen molar-refractivity contribution in [3.8, 4) is 11.5 Å². The number of rotatable bonds is 10. The fraction of sp³-hybridized carbons (Fsp3) is 0.250. The molecule has 2 aromatic carbocycles. The molecule has 0 aliphatic rings. The van der Waals surface area contributed by atoms with Crippen LogP contribution in [-0.4, -0.2) is 54.8 Å². The Hall–Kier alpha value is -4.98. The van der Waals surface area contributed by atoms with Crippen molar-refractivity contribution >= 4 is 29.0 Å². The number of non-ortho nitro benzene ring substituents is 1. The highest BCUT2D eigenvalue weighted by Gasteiger charge is 2.21. The number of hydrogen-bond donors (Lipinski definition) is 2. The number of nitrogens with zero attached hydrogens (tertiary/aromatic N) is 6. The summed E-state index contributed by atoms with van der Waals surface area (Å²) < 4.78 is 14.4. The molecule has 38 heavy (non-hydrogen) atoms. The van der Waals surface area contributed by atoms with E-state index in [4.69, 9.17) is 9.47 Å². The first kappa shape index (κ1) is 26.1. The standard InChI is InChI=1S/C24H25N7O7/c1-28-21-20(22(33)29(2)24(28)34)30(13-17(32)14-38-19-10-8-18(37-3)9-11-19)23(26-21)27-25-12-15-4-6-16(7-5-15)31(35)36/h4-12,17,32H,13-14H2,1-3H3,(H,26,27)/b25-12-/t17-/m0/s1. The number of anilines is 1. The first-order chi connectivity index (χ1) is 18.2. The number of fused-ring (bicyclic) bond motifs is 1. The normalized spacial score (nSPS) is 12.1. The van der Waals surface area contributed by atoms with Gasteiger partial charge in [-0.15, -0.1) is 0 Å². The summed E-state index contributed by atoms with van der Waals surface area (Å²) in [5.74, 6) is 1.28. The molecule has 0 saturated heterocycles. The van der Waals surface area contributed by atoms with Gasteiger partial charge in [0.1, 0.15) is 24.2 Å². The molecule has 2 N–H and O–H groups in total. The molecule has 4 aromatic rings. The Morgan fingerprint density at radius 3 is 2.39 bits per heavy atom. The molecule has 0 aliphatic heterocycles. The Bertz CT molecular complexity index is 1600. The monoisotopic (exact) mass is 523 g/mol. The Morgan fingerprint density at radius 2 is 1.76 bits per heavy atom. The summed E-state index contributed by atoms with van der Waals surface area (Å²) in [6.07, 6.45) is 0.351. The van der Waals surface area contributed by atoms with Gasteiger partial charge in [0.2, 0.25) is 5.95 Å². The highest BCUT2D eigenvalue weighted by atomic mass is 16.6. The quantitative estimate of drug-likeness (QED) is 0.176. The van der Waals surface area contributed by atoms with Gasteiger partial charge in [0.05, 0.1) is 24.8 Å². The van der Waals surface area contributed by atoms with Gasteiger partial charge in [-0.2, -0.15) is 10.1 Å². The van der Waals surface area contributed by atoms with E-state index in [0.717, 1.165) is 4.57 Å². The van der Waals surface area contributed by atoms with Crippen LogP contribution in [0.2, 0.25) is 0 Å². The van der Waals surface area contributed by atoms with Crippen LogP contribution in [0, 0.1) is 10.1 Å². The van der Waals surface area contributed by atoms with Gasteiger partial charge in [-0.25, -0.2) is 10.2 Å². The second kappa shape index (κ2) is 11.0. The zero-order valence-corrected chi connectivity index (χ0v) is 20.8. The Labute approximate surface area is 215 Å². The van der Waals surface area contributed by atoms with E-state index in [1.165, 1.54) is 53.7 Å². The minimum atomic E-state index is -1.06. The van der Waals surface area contributed by atoms with Crippen molar-refractivity contribution in [3.63, 3.8) is 0 Å². The van der Waals surface area contributed by atoms with Crippen molar-refractivity contribution in [2.24, 2.45) is 19.2 Å². The Morgan fingerprint density at radius 1 is 1.11 bits per heavy atom. The summed E-state index contributed by atoms with van der Waals surface area (Å²) in [6, 6.07) is 12.6. The molecule has 2 heterocycles. The topological polar surface area (TPSA) is 168 Å². The number of aliphatic hydroxyl groups is 1. The molecule has 1 atom stereocenters. The zero-order valence-electron chi connectivity index (χ0n) is 20.8. The molecule has 0 saturated carbocycles. The molecule has 4 rings (SSSR count). The summed E-state index contributed by atoms with van der Waals surface area (Å²) in [5.41, 5.74) is 2.29. The molecule has 0 amide bonds. The van der Waals surface area contributed by atoms with Gasteiger partial charge in [-0.3, -0.25) is 24.0 Å². The van der Waals surface area contributed by atoms with Gasteiger partial charge < -0.3 is 19.1 Å². The maximum atomic E-state index is 13.0. The second-order valence-electron chi connectivity index (χ2n) is 8.28. The van der Waals surface area contributed by atoms with E-state index < -0.39 is 22.3 Å². The van der Waals surface area contributed by atoms with Gasteiger partial charge in [0.25, 0.3) is 11.2 Å². The van der Waals surface area contributed by atoms with Crippen molar-refractivity contribution in [3.05, 3.63) is 85.0 Å². The largest absolute Gasteiger partial charge is 0.497 e. The van der Waals surface area contributed by atoms with Crippen molar-refractivity contribution in [2.75, 3.05) is 19.1 Å². The number of imidazole rings is 1. The fourth-order valence-corrected chi connectivity index (χ4v) is 3.68. The van der Waals surface area contributed by atoms with Crippen LogP contribution in [0.3, 0.4) is 0 Å². The molecule has 14 nitrogen and oxygen atoms in total. The van der Waals surface area contributed by atoms with E-state index in [2.05, 4.69) is 15.5 Å². The smallest absolute Gasteiger partial charge is 0.332 e. The number of nitro groups is 1. The summed E-state index contributed by atoms with van der Waals surface area (Å²) >= 11 is 0. The summed E-state index contributed by atoms with van der Waals surface area (Å²) in [5, 5.41) is 25.7. The fourth-order valence-electron chi connectivity index (χ4n) is 3.68. The number of nitrogens with one attached hydrogen (secondary N) is 1. The summed E-state index contributed by atoms with van der Waals surface area (Å²) in [6.45, 7) is -0.195. The first-order valence-electron chi connectivity index (χ1n) is 11.3. The maximum absolute atomic E-state index is 13.0. The number of aliphatic hydroxyl groups excluding tert-OH is 1. The van der Waals surface area contributed by atoms with E-state index >= 15 is 0 Å². The van der Waals surface area contributed by atoms with Crippen LogP contribution in [0.4, 0.5) is 11.6 Å². The minimum Gasteiger partial charge on any atom is -0.497 e. The van der Waals surface area contributed by atoms with Crippen molar-refractivity contribution < 1.29 is 19.5 Å². The average molecular weight is 524 g/mol. The molecule has 198 valence electrons. The lowest BCUT2D eigenvalue weighted by Gasteiger charge is -2.15. The third-order valence-electron chi connectivity index (χ3n) is 5.73. The van der Waals surface area contributed by atoms with Crippen molar-refractivity contribution in [2.45, 2.75) is 12.6 Å². The lowest BCUT2D eigenvalue weighted by molar-refractivity contribution is -0.384. The number of hydrazone groups is 1. The highest BCUT2D eigenvalue weighted by Crippen LogP contribution is 2.19. The number of benzene rings is 2. The lowest BCUT2D eigenvalue weighted by Crippen LogP contribution is -2.38. The molecule has 0 bridgehead atoms. The van der Waals surface area contributed by atoms with Crippen molar-refractivity contribution in [1.29, 1.82) is 0 Å². The van der Waals surface area contributed by atoms with E-state index in [-0.39, 0.29) is 36.0 Å². The van der Waals surface area contributed by atoms with Crippen LogP contribution in [0.25, 0.3) is 11.2 Å². The predicted molar refractivity (Wildman–Crippen MR) is 139 cm³/mol. The number of aryl methyl sites for hydroxylation is 1.